The summed E-state index contributed by atoms with van der Waals surface area (Å²) in [5, 5.41) is 9.13. The third-order valence-electron chi connectivity index (χ3n) is 1.64. The number of halogens is 1. The van der Waals surface area contributed by atoms with E-state index in [4.69, 9.17) is 10.8 Å². The summed E-state index contributed by atoms with van der Waals surface area (Å²) in [6.07, 6.45) is 0.545. The van der Waals surface area contributed by atoms with Gasteiger partial charge in [-0.3, -0.25) is 0 Å². The molecule has 0 aliphatic carbocycles. The van der Waals surface area contributed by atoms with Crippen molar-refractivity contribution in [3.05, 3.63) is 0 Å². The van der Waals surface area contributed by atoms with Gasteiger partial charge in [0.2, 0.25) is 0 Å². The lowest BCUT2D eigenvalue weighted by Gasteiger charge is -2.30. The second kappa shape index (κ2) is 4.13. The fourth-order valence-corrected chi connectivity index (χ4v) is 1.33. The van der Waals surface area contributed by atoms with Crippen molar-refractivity contribution in [2.45, 2.75) is 18.6 Å². The van der Waals surface area contributed by atoms with Crippen molar-refractivity contribution in [3.63, 3.8) is 0 Å². The van der Waals surface area contributed by atoms with Crippen LogP contribution in [0.3, 0.4) is 0 Å². The van der Waals surface area contributed by atoms with Crippen molar-refractivity contribution >= 4 is 12.4 Å². The number of likely N-dealkylation sites (N-methyl/N-ethyl adjacent to an activating group) is 1. The van der Waals surface area contributed by atoms with Crippen LogP contribution in [-0.4, -0.2) is 42.3 Å². The van der Waals surface area contributed by atoms with Gasteiger partial charge in [-0.05, 0) is 13.5 Å². The number of hydrogen-bond donors (Lipinski definition) is 2. The number of piperidine rings is 1. The van der Waals surface area contributed by atoms with Crippen LogP contribution < -0.4 is 5.73 Å². The molecular formula is C6H15ClN2O. The fraction of sp³-hybridized carbons (Fsp3) is 1.00. The molecule has 1 aliphatic rings. The standard InChI is InChI=1S/C6H14N2O.ClH/c1-8-3-5(7)2-6(9)4-8;/h5-6,9H,2-4,7H2,1H3;1H. The molecule has 10 heavy (non-hydrogen) atoms. The smallest absolute Gasteiger partial charge is 0.0682 e. The van der Waals surface area contributed by atoms with E-state index in [1.165, 1.54) is 0 Å². The molecule has 0 amide bonds. The second-order valence-corrected chi connectivity index (χ2v) is 2.87. The van der Waals surface area contributed by atoms with Crippen LogP contribution in [0.25, 0.3) is 0 Å². The molecule has 0 aromatic carbocycles. The molecule has 1 heterocycles. The third kappa shape index (κ3) is 2.84. The maximum atomic E-state index is 9.13. The molecule has 62 valence electrons. The summed E-state index contributed by atoms with van der Waals surface area (Å²) in [5.41, 5.74) is 5.61. The summed E-state index contributed by atoms with van der Waals surface area (Å²) >= 11 is 0. The Morgan fingerprint density at radius 1 is 1.50 bits per heavy atom. The summed E-state index contributed by atoms with van der Waals surface area (Å²) in [6, 6.07) is 0.166. The largest absolute Gasteiger partial charge is 0.392 e. The molecule has 0 bridgehead atoms. The van der Waals surface area contributed by atoms with Gasteiger partial charge in [0, 0.05) is 19.1 Å². The Labute approximate surface area is 67.6 Å². The second-order valence-electron chi connectivity index (χ2n) is 2.87. The van der Waals surface area contributed by atoms with Crippen LogP contribution in [0.1, 0.15) is 6.42 Å². The van der Waals surface area contributed by atoms with Crippen LogP contribution in [0.2, 0.25) is 0 Å². The zero-order valence-corrected chi connectivity index (χ0v) is 6.97. The first-order chi connectivity index (χ1) is 4.18. The Morgan fingerprint density at radius 2 is 2.10 bits per heavy atom. The zero-order valence-electron chi connectivity index (χ0n) is 6.16. The minimum absolute atomic E-state index is 0. The van der Waals surface area contributed by atoms with Gasteiger partial charge in [-0.15, -0.1) is 12.4 Å². The number of rotatable bonds is 0. The van der Waals surface area contributed by atoms with E-state index >= 15 is 0 Å². The number of nitrogens with zero attached hydrogens (tertiary/aromatic N) is 1. The summed E-state index contributed by atoms with van der Waals surface area (Å²) in [7, 11) is 1.97. The molecule has 2 unspecified atom stereocenters. The minimum Gasteiger partial charge on any atom is -0.392 e. The first kappa shape index (κ1) is 10.2. The van der Waals surface area contributed by atoms with Crippen molar-refractivity contribution < 1.29 is 5.11 Å². The maximum absolute atomic E-state index is 9.13. The van der Waals surface area contributed by atoms with Gasteiger partial charge >= 0.3 is 0 Å². The lowest BCUT2D eigenvalue weighted by Crippen LogP contribution is -2.47. The van der Waals surface area contributed by atoms with E-state index in [0.717, 1.165) is 19.5 Å². The molecule has 1 fully saturated rings. The number of nitrogens with two attached hydrogens (primary N) is 1. The molecule has 1 rings (SSSR count). The Bertz CT molecular complexity index is 76.7. The lowest BCUT2D eigenvalue weighted by molar-refractivity contribution is 0.0740. The summed E-state index contributed by atoms with van der Waals surface area (Å²) in [4.78, 5) is 2.05. The van der Waals surface area contributed by atoms with Gasteiger partial charge in [-0.25, -0.2) is 0 Å². The highest BCUT2D eigenvalue weighted by Gasteiger charge is 2.19. The molecule has 3 N–H and O–H groups in total. The van der Waals surface area contributed by atoms with E-state index in [-0.39, 0.29) is 24.6 Å². The molecule has 0 saturated carbocycles. The molecule has 4 heteroatoms. The highest BCUT2D eigenvalue weighted by atomic mass is 35.5. The van der Waals surface area contributed by atoms with Crippen molar-refractivity contribution in [1.82, 2.24) is 4.90 Å². The Kier molecular flexibility index (Phi) is 4.20. The summed E-state index contributed by atoms with van der Waals surface area (Å²) in [6.45, 7) is 1.69. The monoisotopic (exact) mass is 166 g/mol. The summed E-state index contributed by atoms with van der Waals surface area (Å²) < 4.78 is 0. The van der Waals surface area contributed by atoms with Gasteiger partial charge in [0.25, 0.3) is 0 Å². The van der Waals surface area contributed by atoms with E-state index in [1.54, 1.807) is 0 Å². The van der Waals surface area contributed by atoms with Crippen molar-refractivity contribution in [2.24, 2.45) is 5.73 Å². The normalized spacial score (nSPS) is 35.1. The molecule has 3 nitrogen and oxygen atoms in total. The first-order valence-electron chi connectivity index (χ1n) is 3.30. The Morgan fingerprint density at radius 3 is 2.50 bits per heavy atom. The van der Waals surface area contributed by atoms with Gasteiger partial charge in [-0.2, -0.15) is 0 Å². The predicted molar refractivity (Wildman–Crippen MR) is 43.3 cm³/mol. The first-order valence-corrected chi connectivity index (χ1v) is 3.30. The molecule has 0 spiro atoms. The van der Waals surface area contributed by atoms with E-state index in [0.29, 0.717) is 0 Å². The average Bonchev–Trinajstić information content (AvgIpc) is 1.59. The van der Waals surface area contributed by atoms with Crippen LogP contribution in [-0.2, 0) is 0 Å². The van der Waals surface area contributed by atoms with Gasteiger partial charge in [-0.1, -0.05) is 0 Å². The van der Waals surface area contributed by atoms with E-state index in [1.807, 2.05) is 7.05 Å². The van der Waals surface area contributed by atoms with E-state index in [9.17, 15) is 0 Å². The van der Waals surface area contributed by atoms with Crippen LogP contribution >= 0.6 is 12.4 Å². The van der Waals surface area contributed by atoms with Crippen LogP contribution in [0.5, 0.6) is 0 Å². The molecule has 0 aromatic rings. The number of likely N-dealkylation sites (tertiary alicyclic amines) is 1. The van der Waals surface area contributed by atoms with Crippen molar-refractivity contribution in [1.29, 1.82) is 0 Å². The van der Waals surface area contributed by atoms with Crippen LogP contribution in [0.15, 0.2) is 0 Å². The molecule has 0 radical (unpaired) electrons. The van der Waals surface area contributed by atoms with Gasteiger partial charge < -0.3 is 15.7 Å². The maximum Gasteiger partial charge on any atom is 0.0682 e. The summed E-state index contributed by atoms with van der Waals surface area (Å²) in [5.74, 6) is 0. The van der Waals surface area contributed by atoms with Crippen molar-refractivity contribution in [3.8, 4) is 0 Å². The molecule has 0 aromatic heterocycles. The third-order valence-corrected chi connectivity index (χ3v) is 1.64. The molecule has 1 saturated heterocycles. The van der Waals surface area contributed by atoms with E-state index in [2.05, 4.69) is 4.90 Å². The zero-order chi connectivity index (χ0) is 6.85. The van der Waals surface area contributed by atoms with Gasteiger partial charge in [0.15, 0.2) is 0 Å². The van der Waals surface area contributed by atoms with Gasteiger partial charge in [0.1, 0.15) is 0 Å². The highest BCUT2D eigenvalue weighted by molar-refractivity contribution is 5.85. The number of aliphatic hydroxyl groups excluding tert-OH is 1. The quantitative estimate of drug-likeness (QED) is 0.507. The Hall–Kier alpha value is 0.170. The van der Waals surface area contributed by atoms with Gasteiger partial charge in [0.05, 0.1) is 6.10 Å². The average molecular weight is 167 g/mol. The molecular weight excluding hydrogens is 152 g/mol. The Balaban J connectivity index is 0.000000810. The SMILES string of the molecule is CN1CC(N)CC(O)C1.Cl. The topological polar surface area (TPSA) is 49.5 Å². The molecule has 1 aliphatic heterocycles. The fourth-order valence-electron chi connectivity index (χ4n) is 1.33. The predicted octanol–water partition coefficient (Wildman–Crippen LogP) is -0.568. The van der Waals surface area contributed by atoms with Crippen LogP contribution in [0, 0.1) is 0 Å². The lowest BCUT2D eigenvalue weighted by atomic mass is 10.1. The highest BCUT2D eigenvalue weighted by Crippen LogP contribution is 2.05. The van der Waals surface area contributed by atoms with Crippen LogP contribution in [0.4, 0.5) is 0 Å². The number of β-amino-alcohol motifs (C(OH)–C–C–N with tert-alkyl or cyclic N) is 1. The van der Waals surface area contributed by atoms with E-state index < -0.39 is 0 Å². The molecule has 2 atom stereocenters. The number of hydrogen-bond acceptors (Lipinski definition) is 3. The number of aliphatic hydroxyl groups is 1. The minimum atomic E-state index is -0.209. The van der Waals surface area contributed by atoms with Crippen molar-refractivity contribution in [2.75, 3.05) is 20.1 Å².